The van der Waals surface area contributed by atoms with Crippen LogP contribution >= 0.6 is 11.8 Å². The van der Waals surface area contributed by atoms with Gasteiger partial charge in [0.05, 0.1) is 23.9 Å². The van der Waals surface area contributed by atoms with Gasteiger partial charge >= 0.3 is 0 Å². The highest BCUT2D eigenvalue weighted by Crippen LogP contribution is 2.25. The highest BCUT2D eigenvalue weighted by Gasteiger charge is 2.16. The number of nitrogens with one attached hydrogen (secondary N) is 1. The Labute approximate surface area is 188 Å². The van der Waals surface area contributed by atoms with Crippen LogP contribution in [0.5, 0.6) is 0 Å². The maximum Gasteiger partial charge on any atom is 0.234 e. The highest BCUT2D eigenvalue weighted by atomic mass is 32.2. The summed E-state index contributed by atoms with van der Waals surface area (Å²) < 4.78 is 15.3. The van der Waals surface area contributed by atoms with E-state index < -0.39 is 0 Å². The summed E-state index contributed by atoms with van der Waals surface area (Å²) >= 11 is 1.27. The quantitative estimate of drug-likeness (QED) is 0.417. The molecule has 0 fully saturated rings. The normalized spacial score (nSPS) is 10.5. The SMILES string of the molecule is N#Cc1ccc(NC(=O)CSc2nnc(-c3ccc(F)cc3)n2Cc2ccccc2)cc1. The van der Waals surface area contributed by atoms with Crippen molar-refractivity contribution in [3.05, 3.63) is 95.8 Å². The smallest absolute Gasteiger partial charge is 0.234 e. The van der Waals surface area contributed by atoms with Gasteiger partial charge in [-0.05, 0) is 54.1 Å². The Morgan fingerprint density at radius 3 is 2.41 bits per heavy atom. The molecule has 0 saturated carbocycles. The van der Waals surface area contributed by atoms with Gasteiger partial charge < -0.3 is 5.32 Å². The number of carbonyl (C=O) groups is 1. The third kappa shape index (κ3) is 5.20. The first-order valence-corrected chi connectivity index (χ1v) is 10.8. The van der Waals surface area contributed by atoms with Gasteiger partial charge in [0, 0.05) is 11.3 Å². The number of nitriles is 1. The third-order valence-corrected chi connectivity index (χ3v) is 5.60. The zero-order valence-corrected chi connectivity index (χ0v) is 17.7. The lowest BCUT2D eigenvalue weighted by Crippen LogP contribution is -2.14. The van der Waals surface area contributed by atoms with Crippen LogP contribution in [0.4, 0.5) is 10.1 Å². The maximum absolute atomic E-state index is 13.4. The topological polar surface area (TPSA) is 83.6 Å². The molecule has 1 aromatic heterocycles. The standard InChI is InChI=1S/C24H18FN5OS/c25-20-10-8-19(9-11-20)23-28-29-24(30(23)15-18-4-2-1-3-5-18)32-16-22(31)27-21-12-6-17(14-26)7-13-21/h1-13H,15-16H2,(H,27,31). The van der Waals surface area contributed by atoms with Crippen LogP contribution in [0.15, 0.2) is 84.0 Å². The lowest BCUT2D eigenvalue weighted by Gasteiger charge is -2.11. The molecule has 0 saturated heterocycles. The van der Waals surface area contributed by atoms with E-state index in [1.54, 1.807) is 36.4 Å². The van der Waals surface area contributed by atoms with Gasteiger partial charge in [0.25, 0.3) is 0 Å². The van der Waals surface area contributed by atoms with Crippen LogP contribution in [-0.4, -0.2) is 26.4 Å². The van der Waals surface area contributed by atoms with Crippen LogP contribution < -0.4 is 5.32 Å². The Kier molecular flexibility index (Phi) is 6.58. The van der Waals surface area contributed by atoms with Gasteiger partial charge in [-0.15, -0.1) is 10.2 Å². The van der Waals surface area contributed by atoms with Crippen LogP contribution in [0.2, 0.25) is 0 Å². The molecule has 0 radical (unpaired) electrons. The number of amides is 1. The van der Waals surface area contributed by atoms with Crippen LogP contribution in [0, 0.1) is 17.1 Å². The minimum atomic E-state index is -0.322. The van der Waals surface area contributed by atoms with Crippen molar-refractivity contribution in [2.45, 2.75) is 11.7 Å². The second kappa shape index (κ2) is 9.90. The lowest BCUT2D eigenvalue weighted by atomic mass is 10.2. The van der Waals surface area contributed by atoms with Gasteiger partial charge in [-0.2, -0.15) is 5.26 Å². The monoisotopic (exact) mass is 443 g/mol. The average molecular weight is 444 g/mol. The van der Waals surface area contributed by atoms with E-state index in [1.165, 1.54) is 23.9 Å². The van der Waals surface area contributed by atoms with Crippen molar-refractivity contribution in [2.75, 3.05) is 11.1 Å². The molecule has 4 rings (SSSR count). The third-order valence-electron chi connectivity index (χ3n) is 4.63. The van der Waals surface area contributed by atoms with E-state index in [2.05, 4.69) is 15.5 Å². The molecule has 0 bridgehead atoms. The van der Waals surface area contributed by atoms with Gasteiger partial charge in [-0.1, -0.05) is 42.1 Å². The Bertz CT molecular complexity index is 1250. The van der Waals surface area contributed by atoms with Gasteiger partial charge in [-0.3, -0.25) is 9.36 Å². The number of aromatic nitrogens is 3. The van der Waals surface area contributed by atoms with Crippen LogP contribution in [-0.2, 0) is 11.3 Å². The van der Waals surface area contributed by atoms with E-state index in [9.17, 15) is 9.18 Å². The molecule has 3 aromatic carbocycles. The number of carbonyl (C=O) groups excluding carboxylic acids is 1. The van der Waals surface area contributed by atoms with E-state index in [4.69, 9.17) is 5.26 Å². The summed E-state index contributed by atoms with van der Waals surface area (Å²) in [5, 5.41) is 20.9. The summed E-state index contributed by atoms with van der Waals surface area (Å²) in [4.78, 5) is 12.4. The largest absolute Gasteiger partial charge is 0.325 e. The Hall–Kier alpha value is -3.96. The number of benzene rings is 3. The number of nitrogens with zero attached hydrogens (tertiary/aromatic N) is 4. The molecule has 1 amide bonds. The zero-order chi connectivity index (χ0) is 22.3. The van der Waals surface area contributed by atoms with Crippen LogP contribution in [0.25, 0.3) is 11.4 Å². The zero-order valence-electron chi connectivity index (χ0n) is 16.9. The van der Waals surface area contributed by atoms with Crippen molar-refractivity contribution in [2.24, 2.45) is 0 Å². The van der Waals surface area contributed by atoms with Gasteiger partial charge in [0.2, 0.25) is 5.91 Å². The van der Waals surface area contributed by atoms with Gasteiger partial charge in [0.1, 0.15) is 5.82 Å². The predicted molar refractivity (Wildman–Crippen MR) is 121 cm³/mol. The molecule has 0 atom stereocenters. The molecule has 32 heavy (non-hydrogen) atoms. The minimum absolute atomic E-state index is 0.135. The van der Waals surface area contributed by atoms with Crippen molar-refractivity contribution in [1.29, 1.82) is 5.26 Å². The van der Waals surface area contributed by atoms with E-state index in [0.717, 1.165) is 11.1 Å². The van der Waals surface area contributed by atoms with Crippen molar-refractivity contribution < 1.29 is 9.18 Å². The summed E-state index contributed by atoms with van der Waals surface area (Å²) in [5.74, 6) is 0.217. The van der Waals surface area contributed by atoms with Crippen molar-refractivity contribution in [3.63, 3.8) is 0 Å². The van der Waals surface area contributed by atoms with Gasteiger partial charge in [0.15, 0.2) is 11.0 Å². The average Bonchev–Trinajstić information content (AvgIpc) is 3.21. The molecular formula is C24H18FN5OS. The summed E-state index contributed by atoms with van der Waals surface area (Å²) in [6, 6.07) is 24.6. The first-order chi connectivity index (χ1) is 15.6. The number of rotatable bonds is 7. The van der Waals surface area contributed by atoms with Crippen molar-refractivity contribution in [3.8, 4) is 17.5 Å². The van der Waals surface area contributed by atoms with Crippen LogP contribution in [0.1, 0.15) is 11.1 Å². The van der Waals surface area contributed by atoms with E-state index in [-0.39, 0.29) is 17.5 Å². The first-order valence-electron chi connectivity index (χ1n) is 9.78. The predicted octanol–water partition coefficient (Wildman–Crippen LogP) is 4.73. The Morgan fingerprint density at radius 1 is 1.00 bits per heavy atom. The molecular weight excluding hydrogens is 425 g/mol. The Balaban J connectivity index is 1.52. The second-order valence-electron chi connectivity index (χ2n) is 6.91. The molecule has 1 N–H and O–H groups in total. The summed E-state index contributed by atoms with van der Waals surface area (Å²) in [6.07, 6.45) is 0. The highest BCUT2D eigenvalue weighted by molar-refractivity contribution is 7.99. The minimum Gasteiger partial charge on any atom is -0.325 e. The molecule has 4 aromatic rings. The molecule has 0 aliphatic heterocycles. The fourth-order valence-corrected chi connectivity index (χ4v) is 3.81. The molecule has 1 heterocycles. The number of halogens is 1. The first kappa shape index (κ1) is 21.3. The molecule has 0 spiro atoms. The number of anilines is 1. The van der Waals surface area contributed by atoms with E-state index in [0.29, 0.717) is 28.8 Å². The molecule has 0 aliphatic rings. The molecule has 0 unspecified atom stereocenters. The fraction of sp³-hybridized carbons (Fsp3) is 0.0833. The molecule has 8 heteroatoms. The summed E-state index contributed by atoms with van der Waals surface area (Å²) in [5.41, 5.74) is 2.94. The van der Waals surface area contributed by atoms with Crippen molar-refractivity contribution >= 4 is 23.4 Å². The number of hydrogen-bond acceptors (Lipinski definition) is 5. The van der Waals surface area contributed by atoms with E-state index in [1.807, 2.05) is 41.0 Å². The van der Waals surface area contributed by atoms with E-state index >= 15 is 0 Å². The maximum atomic E-state index is 13.4. The summed E-state index contributed by atoms with van der Waals surface area (Å²) in [6.45, 7) is 0.514. The number of thioether (sulfide) groups is 1. The molecule has 0 aliphatic carbocycles. The fourth-order valence-electron chi connectivity index (χ4n) is 3.07. The summed E-state index contributed by atoms with van der Waals surface area (Å²) in [7, 11) is 0. The lowest BCUT2D eigenvalue weighted by molar-refractivity contribution is -0.113. The van der Waals surface area contributed by atoms with Gasteiger partial charge in [-0.25, -0.2) is 4.39 Å². The Morgan fingerprint density at radius 2 is 1.72 bits per heavy atom. The number of hydrogen-bond donors (Lipinski definition) is 1. The van der Waals surface area contributed by atoms with Crippen molar-refractivity contribution in [1.82, 2.24) is 14.8 Å². The van der Waals surface area contributed by atoms with Crippen LogP contribution in [0.3, 0.4) is 0 Å². The molecule has 6 nitrogen and oxygen atoms in total. The molecule has 158 valence electrons. The second-order valence-corrected chi connectivity index (χ2v) is 7.85.